The van der Waals surface area contributed by atoms with Gasteiger partial charge in [-0.15, -0.1) is 0 Å². The second-order valence-electron chi connectivity index (χ2n) is 6.23. The normalized spacial score (nSPS) is 12.9. The van der Waals surface area contributed by atoms with Gasteiger partial charge in [0.1, 0.15) is 5.84 Å². The Morgan fingerprint density at radius 3 is 2.00 bits per heavy atom. The highest BCUT2D eigenvalue weighted by Gasteiger charge is 2.21. The van der Waals surface area contributed by atoms with E-state index < -0.39 is 0 Å². The van der Waals surface area contributed by atoms with Crippen molar-refractivity contribution in [3.63, 3.8) is 0 Å². The van der Waals surface area contributed by atoms with Gasteiger partial charge in [-0.3, -0.25) is 0 Å². The molecule has 3 heteroatoms. The summed E-state index contributed by atoms with van der Waals surface area (Å²) in [5.74, 6) is 1.12. The zero-order valence-corrected chi connectivity index (χ0v) is 14.9. The Kier molecular flexibility index (Phi) is 6.20. The van der Waals surface area contributed by atoms with Gasteiger partial charge in [0, 0.05) is 5.41 Å². The molecule has 0 fully saturated rings. The molecule has 1 aromatic carbocycles. The Balaban J connectivity index is 3.20. The summed E-state index contributed by atoms with van der Waals surface area (Å²) in [7, 11) is -0.156. The molecule has 1 aromatic rings. The molecule has 0 saturated heterocycles. The van der Waals surface area contributed by atoms with E-state index in [0.717, 1.165) is 11.5 Å². The average Bonchev–Trinajstić information content (AvgIpc) is 2.36. The number of nitrogens with one attached hydrogen (secondary N) is 1. The monoisotopic (exact) mass is 292 g/mol. The van der Waals surface area contributed by atoms with Crippen LogP contribution in [0.4, 0.5) is 5.69 Å². The third kappa shape index (κ3) is 4.59. The first-order chi connectivity index (χ1) is 9.29. The smallest absolute Gasteiger partial charge is 0.111 e. The van der Waals surface area contributed by atoms with Crippen LogP contribution in [0.15, 0.2) is 23.2 Å². The van der Waals surface area contributed by atoms with E-state index in [4.69, 9.17) is 4.99 Å². The number of aryl methyl sites for hydroxylation is 2. The third-order valence-corrected chi connectivity index (χ3v) is 5.46. The maximum atomic E-state index is 4.99. The van der Waals surface area contributed by atoms with Crippen LogP contribution in [0.25, 0.3) is 0 Å². The number of hydrogen-bond acceptors (Lipinski definition) is 1. The lowest BCUT2D eigenvalue weighted by atomic mass is 9.95. The van der Waals surface area contributed by atoms with Gasteiger partial charge in [0.25, 0.3) is 0 Å². The molecule has 0 saturated carbocycles. The number of para-hydroxylation sites is 1. The van der Waals surface area contributed by atoms with Crippen molar-refractivity contribution in [2.24, 2.45) is 10.4 Å². The first kappa shape index (κ1) is 17.2. The minimum absolute atomic E-state index is 0.0413. The molecule has 20 heavy (non-hydrogen) atoms. The van der Waals surface area contributed by atoms with Crippen LogP contribution in [-0.2, 0) is 0 Å². The van der Waals surface area contributed by atoms with Crippen LogP contribution in [0.5, 0.6) is 0 Å². The van der Waals surface area contributed by atoms with Gasteiger partial charge >= 0.3 is 0 Å². The molecule has 2 nitrogen and oxygen atoms in total. The molecular weight excluding hydrogens is 263 g/mol. The Bertz CT molecular complexity index is 448. The van der Waals surface area contributed by atoms with E-state index in [0.29, 0.717) is 0 Å². The Labute approximate surface area is 125 Å². The molecule has 0 heterocycles. The van der Waals surface area contributed by atoms with Crippen molar-refractivity contribution >= 4 is 19.6 Å². The summed E-state index contributed by atoms with van der Waals surface area (Å²) in [5, 5.41) is 3.71. The molecule has 0 aromatic heterocycles. The summed E-state index contributed by atoms with van der Waals surface area (Å²) in [6.45, 7) is 15.5. The van der Waals surface area contributed by atoms with Crippen LogP contribution in [0.1, 0.15) is 45.7 Å². The Morgan fingerprint density at radius 1 is 1.10 bits per heavy atom. The second kappa shape index (κ2) is 7.22. The SMILES string of the molecule is CCP(CC)NC(=Nc1c(C)cccc1C)C(C)(C)C. The highest BCUT2D eigenvalue weighted by molar-refractivity contribution is 7.56. The lowest BCUT2D eigenvalue weighted by Gasteiger charge is -2.27. The molecule has 1 N–H and O–H groups in total. The number of amidine groups is 1. The molecule has 0 bridgehead atoms. The van der Waals surface area contributed by atoms with E-state index in [1.54, 1.807) is 0 Å². The first-order valence-corrected chi connectivity index (χ1v) is 9.17. The summed E-state index contributed by atoms with van der Waals surface area (Å²) >= 11 is 0. The Morgan fingerprint density at radius 2 is 1.60 bits per heavy atom. The van der Waals surface area contributed by atoms with E-state index in [9.17, 15) is 0 Å². The maximum Gasteiger partial charge on any atom is 0.111 e. The topological polar surface area (TPSA) is 24.4 Å². The molecule has 0 aliphatic heterocycles. The van der Waals surface area contributed by atoms with Crippen LogP contribution in [0.3, 0.4) is 0 Å². The Hall–Kier alpha value is -0.880. The fraction of sp³-hybridized carbons (Fsp3) is 0.588. The zero-order chi connectivity index (χ0) is 15.3. The maximum absolute atomic E-state index is 4.99. The standard InChI is InChI=1S/C17H29N2P/c1-8-20(9-2)19-16(17(5,6)7)18-15-13(3)11-10-12-14(15)4/h10-12H,8-9H2,1-7H3,(H,18,19). The lowest BCUT2D eigenvalue weighted by molar-refractivity contribution is 0.580. The molecule has 0 aliphatic carbocycles. The van der Waals surface area contributed by atoms with Gasteiger partial charge in [-0.05, 0) is 45.4 Å². The largest absolute Gasteiger partial charge is 0.352 e. The minimum atomic E-state index is -0.156. The number of hydrogen-bond donors (Lipinski definition) is 1. The summed E-state index contributed by atoms with van der Waals surface area (Å²) in [5.41, 5.74) is 3.64. The van der Waals surface area contributed by atoms with Crippen molar-refractivity contribution in [1.82, 2.24) is 5.09 Å². The summed E-state index contributed by atoms with van der Waals surface area (Å²) in [6.07, 6.45) is 2.38. The predicted molar refractivity (Wildman–Crippen MR) is 93.6 cm³/mol. The van der Waals surface area contributed by atoms with Crippen LogP contribution < -0.4 is 5.09 Å². The minimum Gasteiger partial charge on any atom is -0.352 e. The van der Waals surface area contributed by atoms with Crippen molar-refractivity contribution < 1.29 is 0 Å². The van der Waals surface area contributed by atoms with Crippen LogP contribution in [0.2, 0.25) is 0 Å². The van der Waals surface area contributed by atoms with Gasteiger partial charge in [-0.25, -0.2) is 4.99 Å². The fourth-order valence-electron chi connectivity index (χ4n) is 1.99. The van der Waals surface area contributed by atoms with Gasteiger partial charge in [-0.1, -0.05) is 52.8 Å². The molecule has 0 aliphatic rings. The number of nitrogens with zero attached hydrogens (tertiary/aromatic N) is 1. The predicted octanol–water partition coefficient (Wildman–Crippen LogP) is 5.41. The molecule has 1 rings (SSSR count). The number of aliphatic imine (C=N–C) groups is 1. The van der Waals surface area contributed by atoms with Gasteiger partial charge in [-0.2, -0.15) is 0 Å². The molecule has 0 amide bonds. The van der Waals surface area contributed by atoms with E-state index in [-0.39, 0.29) is 13.5 Å². The number of rotatable bonds is 4. The first-order valence-electron chi connectivity index (χ1n) is 7.46. The van der Waals surface area contributed by atoms with Crippen LogP contribution in [-0.4, -0.2) is 18.2 Å². The third-order valence-electron chi connectivity index (χ3n) is 3.40. The van der Waals surface area contributed by atoms with Crippen LogP contribution >= 0.6 is 8.07 Å². The van der Waals surface area contributed by atoms with Crippen molar-refractivity contribution in [2.75, 3.05) is 12.3 Å². The van der Waals surface area contributed by atoms with Gasteiger partial charge < -0.3 is 5.09 Å². The quantitative estimate of drug-likeness (QED) is 0.448. The van der Waals surface area contributed by atoms with E-state index in [2.05, 4.69) is 71.8 Å². The summed E-state index contributed by atoms with van der Waals surface area (Å²) in [4.78, 5) is 4.99. The van der Waals surface area contributed by atoms with Crippen LogP contribution in [0, 0.1) is 19.3 Å². The van der Waals surface area contributed by atoms with Crippen molar-refractivity contribution in [3.05, 3.63) is 29.3 Å². The van der Waals surface area contributed by atoms with E-state index in [1.165, 1.54) is 23.5 Å². The van der Waals surface area contributed by atoms with E-state index >= 15 is 0 Å². The van der Waals surface area contributed by atoms with Gasteiger partial charge in [0.2, 0.25) is 0 Å². The fourth-order valence-corrected chi connectivity index (χ4v) is 3.43. The molecule has 0 radical (unpaired) electrons. The zero-order valence-electron chi connectivity index (χ0n) is 14.0. The molecule has 0 atom stereocenters. The lowest BCUT2D eigenvalue weighted by Crippen LogP contribution is -2.32. The molecule has 112 valence electrons. The van der Waals surface area contributed by atoms with Crippen molar-refractivity contribution in [3.8, 4) is 0 Å². The number of benzene rings is 1. The molecule has 0 spiro atoms. The average molecular weight is 292 g/mol. The van der Waals surface area contributed by atoms with Crippen molar-refractivity contribution in [2.45, 2.75) is 48.5 Å². The van der Waals surface area contributed by atoms with Crippen molar-refractivity contribution in [1.29, 1.82) is 0 Å². The molecular formula is C17H29N2P. The highest BCUT2D eigenvalue weighted by Crippen LogP contribution is 2.33. The van der Waals surface area contributed by atoms with Gasteiger partial charge in [0.05, 0.1) is 5.69 Å². The second-order valence-corrected chi connectivity index (χ2v) is 8.80. The molecule has 0 unspecified atom stereocenters. The summed E-state index contributed by atoms with van der Waals surface area (Å²) in [6, 6.07) is 6.36. The van der Waals surface area contributed by atoms with Gasteiger partial charge in [0.15, 0.2) is 0 Å². The summed E-state index contributed by atoms with van der Waals surface area (Å²) < 4.78 is 0. The van der Waals surface area contributed by atoms with E-state index in [1.807, 2.05) is 0 Å². The highest BCUT2D eigenvalue weighted by atomic mass is 31.1.